The summed E-state index contributed by atoms with van der Waals surface area (Å²) in [5.74, 6) is 0.123. The lowest BCUT2D eigenvalue weighted by Gasteiger charge is -2.17. The number of aromatic nitrogens is 1. The van der Waals surface area contributed by atoms with Crippen LogP contribution in [0.4, 0.5) is 14.5 Å². The molecule has 2 aromatic rings. The predicted molar refractivity (Wildman–Crippen MR) is 90.5 cm³/mol. The standard InChI is InChI=1S/C16H20F2N2O3S/c1-10(6-7-24(3,21)22)19-15-8-11(2)20-14-5-4-12(9-13(14)15)23-16(17)18/h4-5,8-10,16H,6-7H2,1-3H3,(H,19,20). The van der Waals surface area contributed by atoms with Crippen molar-refractivity contribution in [3.05, 3.63) is 30.0 Å². The lowest BCUT2D eigenvalue weighted by molar-refractivity contribution is -0.0497. The van der Waals surface area contributed by atoms with Crippen molar-refractivity contribution >= 4 is 26.4 Å². The highest BCUT2D eigenvalue weighted by atomic mass is 32.2. The summed E-state index contributed by atoms with van der Waals surface area (Å²) in [5.41, 5.74) is 2.12. The minimum absolute atomic E-state index is 0.0509. The Balaban J connectivity index is 2.29. The Labute approximate surface area is 140 Å². The SMILES string of the molecule is Cc1cc(NC(C)CCS(C)(=O)=O)c2cc(OC(F)F)ccc2n1. The van der Waals surface area contributed by atoms with Gasteiger partial charge in [0.1, 0.15) is 15.6 Å². The van der Waals surface area contributed by atoms with E-state index in [4.69, 9.17) is 0 Å². The molecule has 1 heterocycles. The average Bonchev–Trinajstić information content (AvgIpc) is 2.44. The van der Waals surface area contributed by atoms with Crippen LogP contribution in [-0.4, -0.2) is 38.1 Å². The molecule has 1 unspecified atom stereocenters. The minimum Gasteiger partial charge on any atom is -0.435 e. The van der Waals surface area contributed by atoms with Gasteiger partial charge in [0.15, 0.2) is 0 Å². The number of nitrogens with one attached hydrogen (secondary N) is 1. The Kier molecular flexibility index (Phi) is 5.58. The van der Waals surface area contributed by atoms with Crippen LogP contribution < -0.4 is 10.1 Å². The highest BCUT2D eigenvalue weighted by Crippen LogP contribution is 2.28. The Morgan fingerprint density at radius 2 is 2.00 bits per heavy atom. The van der Waals surface area contributed by atoms with Gasteiger partial charge < -0.3 is 10.1 Å². The number of hydrogen-bond donors (Lipinski definition) is 1. The van der Waals surface area contributed by atoms with Crippen molar-refractivity contribution < 1.29 is 21.9 Å². The van der Waals surface area contributed by atoms with E-state index in [1.807, 2.05) is 13.8 Å². The van der Waals surface area contributed by atoms with E-state index in [2.05, 4.69) is 15.0 Å². The number of hydrogen-bond acceptors (Lipinski definition) is 5. The van der Waals surface area contributed by atoms with Crippen LogP contribution >= 0.6 is 0 Å². The van der Waals surface area contributed by atoms with Crippen LogP contribution in [-0.2, 0) is 9.84 Å². The van der Waals surface area contributed by atoms with Gasteiger partial charge in [-0.2, -0.15) is 8.78 Å². The molecule has 0 aliphatic carbocycles. The number of nitrogens with zero attached hydrogens (tertiary/aromatic N) is 1. The molecule has 0 spiro atoms. The molecule has 24 heavy (non-hydrogen) atoms. The Bertz CT molecular complexity index is 825. The van der Waals surface area contributed by atoms with Crippen molar-refractivity contribution in [1.82, 2.24) is 4.98 Å². The normalized spacial score (nSPS) is 13.2. The third-order valence-corrected chi connectivity index (χ3v) is 4.43. The summed E-state index contributed by atoms with van der Waals surface area (Å²) in [4.78, 5) is 4.37. The van der Waals surface area contributed by atoms with Crippen molar-refractivity contribution in [3.63, 3.8) is 0 Å². The average molecular weight is 358 g/mol. The molecule has 0 aliphatic heterocycles. The number of rotatable bonds is 7. The largest absolute Gasteiger partial charge is 0.435 e. The summed E-state index contributed by atoms with van der Waals surface area (Å²) in [6.45, 7) is 0.799. The van der Waals surface area contributed by atoms with Gasteiger partial charge in [-0.1, -0.05) is 0 Å². The molecule has 0 saturated heterocycles. The highest BCUT2D eigenvalue weighted by molar-refractivity contribution is 7.90. The fourth-order valence-corrected chi connectivity index (χ4v) is 3.14. The fourth-order valence-electron chi connectivity index (χ4n) is 2.36. The number of alkyl halides is 2. The smallest absolute Gasteiger partial charge is 0.387 e. The van der Waals surface area contributed by atoms with Crippen molar-refractivity contribution in [2.45, 2.75) is 32.9 Å². The first-order valence-electron chi connectivity index (χ1n) is 7.44. The summed E-state index contributed by atoms with van der Waals surface area (Å²) in [5, 5.41) is 3.87. The predicted octanol–water partition coefficient (Wildman–Crippen LogP) is 3.38. The van der Waals surface area contributed by atoms with Gasteiger partial charge in [-0.05, 0) is 44.5 Å². The molecule has 5 nitrogen and oxygen atoms in total. The molecule has 1 aromatic carbocycles. The summed E-state index contributed by atoms with van der Waals surface area (Å²) >= 11 is 0. The molecular formula is C16H20F2N2O3S. The first-order valence-corrected chi connectivity index (χ1v) is 9.50. The van der Waals surface area contributed by atoms with Gasteiger partial charge in [0.25, 0.3) is 0 Å². The Hall–Kier alpha value is -1.96. The second kappa shape index (κ2) is 7.29. The summed E-state index contributed by atoms with van der Waals surface area (Å²) < 4.78 is 51.8. The van der Waals surface area contributed by atoms with Gasteiger partial charge in [0, 0.05) is 29.1 Å². The first kappa shape index (κ1) is 18.4. The maximum Gasteiger partial charge on any atom is 0.387 e. The molecule has 0 fully saturated rings. The third kappa shape index (κ3) is 5.30. The maximum absolute atomic E-state index is 12.4. The highest BCUT2D eigenvalue weighted by Gasteiger charge is 2.12. The third-order valence-electron chi connectivity index (χ3n) is 3.46. The van der Waals surface area contributed by atoms with E-state index in [0.29, 0.717) is 23.0 Å². The lowest BCUT2D eigenvalue weighted by Crippen LogP contribution is -2.19. The summed E-state index contributed by atoms with van der Waals surface area (Å²) in [7, 11) is -3.04. The van der Waals surface area contributed by atoms with Crippen LogP contribution in [0.25, 0.3) is 10.9 Å². The molecule has 1 N–H and O–H groups in total. The van der Waals surface area contributed by atoms with Crippen molar-refractivity contribution in [2.75, 3.05) is 17.3 Å². The summed E-state index contributed by atoms with van der Waals surface area (Å²) in [6.07, 6.45) is 1.63. The number of aryl methyl sites for hydroxylation is 1. The van der Waals surface area contributed by atoms with E-state index in [1.54, 1.807) is 12.1 Å². The molecule has 1 aromatic heterocycles. The molecule has 0 saturated carbocycles. The van der Waals surface area contributed by atoms with E-state index in [1.165, 1.54) is 18.4 Å². The van der Waals surface area contributed by atoms with E-state index in [-0.39, 0.29) is 17.5 Å². The number of pyridine rings is 1. The van der Waals surface area contributed by atoms with Crippen molar-refractivity contribution in [2.24, 2.45) is 0 Å². The van der Waals surface area contributed by atoms with Crippen LogP contribution in [0.15, 0.2) is 24.3 Å². The molecule has 0 amide bonds. The molecule has 132 valence electrons. The quantitative estimate of drug-likeness (QED) is 0.822. The zero-order valence-corrected chi connectivity index (χ0v) is 14.5. The molecule has 0 bridgehead atoms. The first-order chi connectivity index (χ1) is 11.1. The zero-order chi connectivity index (χ0) is 17.9. The molecular weight excluding hydrogens is 338 g/mol. The van der Waals surface area contributed by atoms with Gasteiger partial charge in [-0.3, -0.25) is 4.98 Å². The van der Waals surface area contributed by atoms with Crippen LogP contribution in [0, 0.1) is 6.92 Å². The van der Waals surface area contributed by atoms with Gasteiger partial charge >= 0.3 is 6.61 Å². The number of fused-ring (bicyclic) bond motifs is 1. The van der Waals surface area contributed by atoms with E-state index in [9.17, 15) is 17.2 Å². The van der Waals surface area contributed by atoms with Crippen molar-refractivity contribution in [3.8, 4) is 5.75 Å². The van der Waals surface area contributed by atoms with Crippen molar-refractivity contribution in [1.29, 1.82) is 0 Å². The number of anilines is 1. The van der Waals surface area contributed by atoms with Gasteiger partial charge in [0.05, 0.1) is 11.3 Å². The molecule has 1 atom stereocenters. The number of benzene rings is 1. The monoisotopic (exact) mass is 358 g/mol. The van der Waals surface area contributed by atoms with E-state index < -0.39 is 16.4 Å². The van der Waals surface area contributed by atoms with Crippen LogP contribution in [0.2, 0.25) is 0 Å². The van der Waals surface area contributed by atoms with Gasteiger partial charge in [0.2, 0.25) is 0 Å². The second-order valence-electron chi connectivity index (χ2n) is 5.83. The summed E-state index contributed by atoms with van der Waals surface area (Å²) in [6, 6.07) is 6.25. The molecule has 0 radical (unpaired) electrons. The maximum atomic E-state index is 12.4. The zero-order valence-electron chi connectivity index (χ0n) is 13.7. The van der Waals surface area contributed by atoms with Crippen LogP contribution in [0.3, 0.4) is 0 Å². The Morgan fingerprint density at radius 1 is 1.29 bits per heavy atom. The molecule has 2 rings (SSSR count). The minimum atomic E-state index is -3.04. The lowest BCUT2D eigenvalue weighted by atomic mass is 10.1. The Morgan fingerprint density at radius 3 is 2.62 bits per heavy atom. The van der Waals surface area contributed by atoms with Gasteiger partial charge in [-0.15, -0.1) is 0 Å². The van der Waals surface area contributed by atoms with E-state index >= 15 is 0 Å². The fraction of sp³-hybridized carbons (Fsp3) is 0.438. The van der Waals surface area contributed by atoms with E-state index in [0.717, 1.165) is 5.69 Å². The number of halogens is 2. The van der Waals surface area contributed by atoms with Crippen LogP contribution in [0.5, 0.6) is 5.75 Å². The topological polar surface area (TPSA) is 68.3 Å². The number of sulfone groups is 1. The molecule has 0 aliphatic rings. The van der Waals surface area contributed by atoms with Gasteiger partial charge in [-0.25, -0.2) is 8.42 Å². The van der Waals surface area contributed by atoms with Crippen LogP contribution in [0.1, 0.15) is 19.0 Å². The molecule has 8 heteroatoms. The number of ether oxygens (including phenoxy) is 1. The second-order valence-corrected chi connectivity index (χ2v) is 8.09.